The quantitative estimate of drug-likeness (QED) is 0.818. The summed E-state index contributed by atoms with van der Waals surface area (Å²) in [6, 6.07) is 0.503. The second-order valence-corrected chi connectivity index (χ2v) is 5.98. The molecule has 2 rings (SSSR count). The minimum atomic E-state index is 0.0541. The van der Waals surface area contributed by atoms with Crippen molar-refractivity contribution in [3.8, 4) is 0 Å². The fourth-order valence-electron chi connectivity index (χ4n) is 2.47. The number of hydrogen-bond acceptors (Lipinski definition) is 4. The lowest BCUT2D eigenvalue weighted by molar-refractivity contribution is -0.120. The van der Waals surface area contributed by atoms with E-state index in [1.165, 1.54) is 24.2 Å². The van der Waals surface area contributed by atoms with Crippen LogP contribution in [0, 0.1) is 0 Å². The highest BCUT2D eigenvalue weighted by Crippen LogP contribution is 2.16. The highest BCUT2D eigenvalue weighted by atomic mass is 35.5. The van der Waals surface area contributed by atoms with E-state index in [-0.39, 0.29) is 5.91 Å². The number of carbonyl (C=O) groups is 1. The molecule has 0 aromatic carbocycles. The van der Waals surface area contributed by atoms with Crippen LogP contribution in [0.15, 0.2) is 5.38 Å². The van der Waals surface area contributed by atoms with Crippen LogP contribution < -0.4 is 5.32 Å². The predicted molar refractivity (Wildman–Crippen MR) is 78.7 cm³/mol. The third-order valence-corrected chi connectivity index (χ3v) is 4.66. The van der Waals surface area contributed by atoms with Crippen molar-refractivity contribution in [2.24, 2.45) is 0 Å². The molecule has 1 aromatic rings. The molecule has 1 saturated heterocycles. The largest absolute Gasteiger partial charge is 0.354 e. The van der Waals surface area contributed by atoms with Gasteiger partial charge in [-0.2, -0.15) is 0 Å². The SMILES string of the molecule is CCN1CCCC1CNC(=O)Cc1nc(CCl)cs1. The van der Waals surface area contributed by atoms with E-state index in [9.17, 15) is 4.79 Å². The third-order valence-electron chi connectivity index (χ3n) is 3.49. The summed E-state index contributed by atoms with van der Waals surface area (Å²) in [5, 5.41) is 5.77. The van der Waals surface area contributed by atoms with Crippen molar-refractivity contribution in [1.29, 1.82) is 0 Å². The van der Waals surface area contributed by atoms with Gasteiger partial charge < -0.3 is 5.32 Å². The molecule has 0 radical (unpaired) electrons. The van der Waals surface area contributed by atoms with Gasteiger partial charge in [-0.25, -0.2) is 4.98 Å². The van der Waals surface area contributed by atoms with E-state index >= 15 is 0 Å². The van der Waals surface area contributed by atoms with E-state index < -0.39 is 0 Å². The Morgan fingerprint density at radius 3 is 3.21 bits per heavy atom. The highest BCUT2D eigenvalue weighted by molar-refractivity contribution is 7.09. The van der Waals surface area contributed by atoms with Crippen LogP contribution in [0.5, 0.6) is 0 Å². The zero-order valence-electron chi connectivity index (χ0n) is 11.2. The predicted octanol–water partition coefficient (Wildman–Crippen LogP) is 2.02. The van der Waals surface area contributed by atoms with Crippen molar-refractivity contribution in [1.82, 2.24) is 15.2 Å². The molecule has 2 heterocycles. The van der Waals surface area contributed by atoms with E-state index in [1.54, 1.807) is 0 Å². The number of alkyl halides is 1. The number of thiazole rings is 1. The maximum Gasteiger partial charge on any atom is 0.226 e. The first kappa shape index (κ1) is 14.8. The van der Waals surface area contributed by atoms with Crippen LogP contribution in [0.3, 0.4) is 0 Å². The molecule has 1 unspecified atom stereocenters. The topological polar surface area (TPSA) is 45.2 Å². The second-order valence-electron chi connectivity index (χ2n) is 4.77. The zero-order valence-corrected chi connectivity index (χ0v) is 12.8. The van der Waals surface area contributed by atoms with Gasteiger partial charge in [0.15, 0.2) is 0 Å². The lowest BCUT2D eigenvalue weighted by Gasteiger charge is -2.22. The number of halogens is 1. The van der Waals surface area contributed by atoms with Gasteiger partial charge in [0, 0.05) is 18.0 Å². The van der Waals surface area contributed by atoms with Crippen molar-refractivity contribution in [2.75, 3.05) is 19.6 Å². The Kier molecular flexibility index (Phi) is 5.60. The first-order chi connectivity index (χ1) is 9.22. The molecular weight excluding hydrogens is 282 g/mol. The number of nitrogens with one attached hydrogen (secondary N) is 1. The number of likely N-dealkylation sites (tertiary alicyclic amines) is 1. The fourth-order valence-corrected chi connectivity index (χ4v) is 3.49. The molecule has 1 amide bonds. The Labute approximate surface area is 123 Å². The molecule has 1 aliphatic rings. The average molecular weight is 302 g/mol. The van der Waals surface area contributed by atoms with Crippen molar-refractivity contribution >= 4 is 28.8 Å². The molecule has 0 aliphatic carbocycles. The molecule has 106 valence electrons. The zero-order chi connectivity index (χ0) is 13.7. The molecule has 6 heteroatoms. The van der Waals surface area contributed by atoms with E-state index in [2.05, 4.69) is 22.1 Å². The average Bonchev–Trinajstić information content (AvgIpc) is 3.04. The molecule has 1 fully saturated rings. The van der Waals surface area contributed by atoms with Gasteiger partial charge in [-0.1, -0.05) is 6.92 Å². The van der Waals surface area contributed by atoms with Crippen molar-refractivity contribution < 1.29 is 4.79 Å². The molecule has 19 heavy (non-hydrogen) atoms. The number of rotatable bonds is 6. The summed E-state index contributed by atoms with van der Waals surface area (Å²) < 4.78 is 0. The highest BCUT2D eigenvalue weighted by Gasteiger charge is 2.23. The third kappa shape index (κ3) is 4.16. The molecule has 1 N–H and O–H groups in total. The molecule has 0 saturated carbocycles. The smallest absolute Gasteiger partial charge is 0.226 e. The Hall–Kier alpha value is -0.650. The van der Waals surface area contributed by atoms with E-state index in [1.807, 2.05) is 5.38 Å². The molecular formula is C13H20ClN3OS. The standard InChI is InChI=1S/C13H20ClN3OS/c1-2-17-5-3-4-11(17)8-15-12(18)6-13-16-10(7-14)9-19-13/h9,11H,2-8H2,1H3,(H,15,18). The molecule has 1 aromatic heterocycles. The van der Waals surface area contributed by atoms with Gasteiger partial charge in [0.2, 0.25) is 5.91 Å². The second kappa shape index (κ2) is 7.22. The number of hydrogen-bond donors (Lipinski definition) is 1. The number of amides is 1. The van der Waals surface area contributed by atoms with Crippen LogP contribution in [-0.4, -0.2) is 41.5 Å². The normalized spacial score (nSPS) is 19.8. The Morgan fingerprint density at radius 1 is 1.68 bits per heavy atom. The number of aromatic nitrogens is 1. The number of carbonyl (C=O) groups excluding carboxylic acids is 1. The number of nitrogens with zero attached hydrogens (tertiary/aromatic N) is 2. The van der Waals surface area contributed by atoms with Gasteiger partial charge in [-0.3, -0.25) is 9.69 Å². The summed E-state index contributed by atoms with van der Waals surface area (Å²) in [4.78, 5) is 18.6. The van der Waals surface area contributed by atoms with E-state index in [0.29, 0.717) is 18.3 Å². The Morgan fingerprint density at radius 2 is 2.53 bits per heavy atom. The van der Waals surface area contributed by atoms with Gasteiger partial charge >= 0.3 is 0 Å². The molecule has 0 bridgehead atoms. The Bertz CT molecular complexity index is 424. The van der Waals surface area contributed by atoms with Gasteiger partial charge in [-0.05, 0) is 25.9 Å². The minimum Gasteiger partial charge on any atom is -0.354 e. The van der Waals surface area contributed by atoms with Gasteiger partial charge in [0.25, 0.3) is 0 Å². The first-order valence-electron chi connectivity index (χ1n) is 6.73. The maximum atomic E-state index is 11.9. The summed E-state index contributed by atoms with van der Waals surface area (Å²) in [5.41, 5.74) is 0.849. The van der Waals surface area contributed by atoms with E-state index in [4.69, 9.17) is 11.6 Å². The van der Waals surface area contributed by atoms with Crippen LogP contribution in [-0.2, 0) is 17.1 Å². The fraction of sp³-hybridized carbons (Fsp3) is 0.692. The van der Waals surface area contributed by atoms with E-state index in [0.717, 1.165) is 30.3 Å². The summed E-state index contributed by atoms with van der Waals surface area (Å²) in [6.45, 7) is 5.14. The lowest BCUT2D eigenvalue weighted by atomic mass is 10.2. The minimum absolute atomic E-state index is 0.0541. The summed E-state index contributed by atoms with van der Waals surface area (Å²) in [6.07, 6.45) is 2.78. The summed E-state index contributed by atoms with van der Waals surface area (Å²) >= 11 is 7.19. The molecule has 4 nitrogen and oxygen atoms in total. The first-order valence-corrected chi connectivity index (χ1v) is 8.14. The molecule has 0 spiro atoms. The van der Waals surface area contributed by atoms with Gasteiger partial charge in [0.05, 0.1) is 18.0 Å². The van der Waals surface area contributed by atoms with Crippen LogP contribution in [0.1, 0.15) is 30.5 Å². The summed E-state index contributed by atoms with van der Waals surface area (Å²) in [7, 11) is 0. The van der Waals surface area contributed by atoms with Crippen molar-refractivity contribution in [3.05, 3.63) is 16.1 Å². The molecule has 1 aliphatic heterocycles. The van der Waals surface area contributed by atoms with Crippen molar-refractivity contribution in [2.45, 2.75) is 38.1 Å². The van der Waals surface area contributed by atoms with Crippen LogP contribution in [0.25, 0.3) is 0 Å². The Balaban J connectivity index is 1.75. The number of likely N-dealkylation sites (N-methyl/N-ethyl adjacent to an activating group) is 1. The van der Waals surface area contributed by atoms with Crippen LogP contribution in [0.4, 0.5) is 0 Å². The van der Waals surface area contributed by atoms with Crippen LogP contribution >= 0.6 is 22.9 Å². The van der Waals surface area contributed by atoms with Gasteiger partial charge in [-0.15, -0.1) is 22.9 Å². The monoisotopic (exact) mass is 301 g/mol. The van der Waals surface area contributed by atoms with Crippen LogP contribution in [0.2, 0.25) is 0 Å². The lowest BCUT2D eigenvalue weighted by Crippen LogP contribution is -2.40. The van der Waals surface area contributed by atoms with Crippen molar-refractivity contribution in [3.63, 3.8) is 0 Å². The molecule has 1 atom stereocenters. The summed E-state index contributed by atoms with van der Waals surface area (Å²) in [5.74, 6) is 0.462. The maximum absolute atomic E-state index is 11.9. The van der Waals surface area contributed by atoms with Gasteiger partial charge in [0.1, 0.15) is 5.01 Å².